The Bertz CT molecular complexity index is 245. The molecule has 0 aromatic carbocycles. The standard InChI is InChI=1S/C12H22N2O2/c1-10(12(15)16-2)14-7-5-13(6-8-14)9-11-3-4-11/h10-11H,3-9H2,1-2H3. The van der Waals surface area contributed by atoms with E-state index in [1.54, 1.807) is 0 Å². The van der Waals surface area contributed by atoms with Gasteiger partial charge in [0.15, 0.2) is 0 Å². The third-order valence-corrected chi connectivity index (χ3v) is 3.71. The molecule has 0 amide bonds. The van der Waals surface area contributed by atoms with Crippen molar-refractivity contribution in [3.05, 3.63) is 0 Å². The Hall–Kier alpha value is -0.610. The SMILES string of the molecule is COC(=O)C(C)N1CCN(CC2CC2)CC1. The van der Waals surface area contributed by atoms with Crippen LogP contribution in [0.5, 0.6) is 0 Å². The molecule has 4 nitrogen and oxygen atoms in total. The average Bonchev–Trinajstić information content (AvgIpc) is 3.12. The lowest BCUT2D eigenvalue weighted by Gasteiger charge is -2.36. The summed E-state index contributed by atoms with van der Waals surface area (Å²) >= 11 is 0. The van der Waals surface area contributed by atoms with Crippen molar-refractivity contribution in [2.24, 2.45) is 5.92 Å². The van der Waals surface area contributed by atoms with Crippen LogP contribution in [0.1, 0.15) is 19.8 Å². The van der Waals surface area contributed by atoms with Crippen LogP contribution < -0.4 is 0 Å². The maximum atomic E-state index is 11.4. The Morgan fingerprint density at radius 1 is 1.31 bits per heavy atom. The first-order valence-electron chi connectivity index (χ1n) is 6.25. The molecule has 1 unspecified atom stereocenters. The molecular formula is C12H22N2O2. The zero-order valence-corrected chi connectivity index (χ0v) is 10.3. The van der Waals surface area contributed by atoms with Gasteiger partial charge in [0.1, 0.15) is 6.04 Å². The molecule has 0 spiro atoms. The fraction of sp³-hybridized carbons (Fsp3) is 0.917. The van der Waals surface area contributed by atoms with E-state index in [2.05, 4.69) is 9.80 Å². The first kappa shape index (κ1) is 11.9. The first-order valence-corrected chi connectivity index (χ1v) is 6.25. The van der Waals surface area contributed by atoms with E-state index >= 15 is 0 Å². The summed E-state index contributed by atoms with van der Waals surface area (Å²) in [6.45, 7) is 7.37. The summed E-state index contributed by atoms with van der Waals surface area (Å²) in [5, 5.41) is 0. The van der Waals surface area contributed by atoms with E-state index < -0.39 is 0 Å². The van der Waals surface area contributed by atoms with Crippen LogP contribution in [0.25, 0.3) is 0 Å². The summed E-state index contributed by atoms with van der Waals surface area (Å²) in [6.07, 6.45) is 2.83. The summed E-state index contributed by atoms with van der Waals surface area (Å²) in [4.78, 5) is 16.1. The van der Waals surface area contributed by atoms with Crippen LogP contribution in [0.2, 0.25) is 0 Å². The molecule has 16 heavy (non-hydrogen) atoms. The molecule has 1 saturated carbocycles. The third kappa shape index (κ3) is 2.95. The van der Waals surface area contributed by atoms with Gasteiger partial charge in [-0.3, -0.25) is 9.69 Å². The van der Waals surface area contributed by atoms with Gasteiger partial charge in [-0.2, -0.15) is 0 Å². The van der Waals surface area contributed by atoms with Crippen LogP contribution in [0.4, 0.5) is 0 Å². The number of rotatable bonds is 4. The summed E-state index contributed by atoms with van der Waals surface area (Å²) < 4.78 is 4.77. The average molecular weight is 226 g/mol. The Morgan fingerprint density at radius 3 is 2.44 bits per heavy atom. The second-order valence-corrected chi connectivity index (χ2v) is 4.98. The number of hydrogen-bond donors (Lipinski definition) is 0. The lowest BCUT2D eigenvalue weighted by molar-refractivity contribution is -0.147. The van der Waals surface area contributed by atoms with E-state index in [0.717, 1.165) is 32.1 Å². The van der Waals surface area contributed by atoms with Crippen molar-refractivity contribution >= 4 is 5.97 Å². The van der Waals surface area contributed by atoms with Gasteiger partial charge in [-0.25, -0.2) is 0 Å². The molecule has 0 radical (unpaired) electrons. The molecule has 1 aliphatic heterocycles. The Morgan fingerprint density at radius 2 is 1.94 bits per heavy atom. The molecule has 1 heterocycles. The zero-order valence-electron chi connectivity index (χ0n) is 10.3. The smallest absolute Gasteiger partial charge is 0.322 e. The molecule has 2 rings (SSSR count). The van der Waals surface area contributed by atoms with Crippen molar-refractivity contribution in [3.8, 4) is 0 Å². The fourth-order valence-electron chi connectivity index (χ4n) is 2.32. The molecule has 0 aromatic heterocycles. The lowest BCUT2D eigenvalue weighted by Crippen LogP contribution is -2.52. The molecule has 1 saturated heterocycles. The second kappa shape index (κ2) is 5.15. The fourth-order valence-corrected chi connectivity index (χ4v) is 2.32. The molecular weight excluding hydrogens is 204 g/mol. The van der Waals surface area contributed by atoms with Crippen molar-refractivity contribution < 1.29 is 9.53 Å². The van der Waals surface area contributed by atoms with Crippen molar-refractivity contribution in [1.82, 2.24) is 9.80 Å². The topological polar surface area (TPSA) is 32.8 Å². The highest BCUT2D eigenvalue weighted by atomic mass is 16.5. The number of hydrogen-bond acceptors (Lipinski definition) is 4. The number of nitrogens with zero attached hydrogens (tertiary/aromatic N) is 2. The zero-order chi connectivity index (χ0) is 11.5. The molecule has 0 N–H and O–H groups in total. The molecule has 4 heteroatoms. The number of piperazine rings is 1. The Labute approximate surface area is 97.5 Å². The summed E-state index contributed by atoms with van der Waals surface area (Å²) in [7, 11) is 1.46. The minimum Gasteiger partial charge on any atom is -0.468 e. The minimum atomic E-state index is -0.115. The van der Waals surface area contributed by atoms with E-state index in [9.17, 15) is 4.79 Å². The monoisotopic (exact) mass is 226 g/mol. The summed E-state index contributed by atoms with van der Waals surface area (Å²) in [6, 6.07) is -0.0897. The maximum absolute atomic E-state index is 11.4. The van der Waals surface area contributed by atoms with Crippen LogP contribution in [-0.2, 0) is 9.53 Å². The number of methoxy groups -OCH3 is 1. The molecule has 2 fully saturated rings. The van der Waals surface area contributed by atoms with Crippen molar-refractivity contribution in [1.29, 1.82) is 0 Å². The largest absolute Gasteiger partial charge is 0.468 e. The summed E-state index contributed by atoms with van der Waals surface area (Å²) in [5.74, 6) is 0.847. The predicted molar refractivity (Wildman–Crippen MR) is 62.2 cm³/mol. The predicted octanol–water partition coefficient (Wildman–Crippen LogP) is 0.575. The highest BCUT2D eigenvalue weighted by Crippen LogP contribution is 2.29. The highest BCUT2D eigenvalue weighted by molar-refractivity contribution is 5.75. The Balaban J connectivity index is 1.73. The van der Waals surface area contributed by atoms with Crippen molar-refractivity contribution in [2.45, 2.75) is 25.8 Å². The van der Waals surface area contributed by atoms with Gasteiger partial charge in [-0.05, 0) is 25.7 Å². The molecule has 0 aromatic rings. The van der Waals surface area contributed by atoms with Gasteiger partial charge in [0.25, 0.3) is 0 Å². The van der Waals surface area contributed by atoms with Gasteiger partial charge in [0, 0.05) is 32.7 Å². The van der Waals surface area contributed by atoms with Crippen LogP contribution in [-0.4, -0.2) is 61.6 Å². The molecule has 92 valence electrons. The molecule has 1 atom stereocenters. The molecule has 1 aliphatic carbocycles. The van der Waals surface area contributed by atoms with Crippen molar-refractivity contribution in [2.75, 3.05) is 39.8 Å². The number of esters is 1. The minimum absolute atomic E-state index is 0.0897. The van der Waals surface area contributed by atoms with Gasteiger partial charge in [0.05, 0.1) is 7.11 Å². The number of ether oxygens (including phenoxy) is 1. The lowest BCUT2D eigenvalue weighted by atomic mass is 10.2. The number of carbonyl (C=O) groups is 1. The van der Waals surface area contributed by atoms with Crippen LogP contribution in [0.15, 0.2) is 0 Å². The van der Waals surface area contributed by atoms with Crippen LogP contribution in [0.3, 0.4) is 0 Å². The molecule has 0 bridgehead atoms. The first-order chi connectivity index (χ1) is 7.70. The van der Waals surface area contributed by atoms with Gasteiger partial charge in [-0.1, -0.05) is 0 Å². The highest BCUT2D eigenvalue weighted by Gasteiger charge is 2.29. The van der Waals surface area contributed by atoms with E-state index in [4.69, 9.17) is 4.74 Å². The third-order valence-electron chi connectivity index (χ3n) is 3.71. The van der Waals surface area contributed by atoms with Crippen LogP contribution in [0, 0.1) is 5.92 Å². The van der Waals surface area contributed by atoms with Crippen molar-refractivity contribution in [3.63, 3.8) is 0 Å². The maximum Gasteiger partial charge on any atom is 0.322 e. The quantitative estimate of drug-likeness (QED) is 0.656. The molecule has 2 aliphatic rings. The Kier molecular flexibility index (Phi) is 3.82. The van der Waals surface area contributed by atoms with E-state index in [1.807, 2.05) is 6.92 Å². The normalized spacial score (nSPS) is 25.4. The second-order valence-electron chi connectivity index (χ2n) is 4.98. The van der Waals surface area contributed by atoms with E-state index in [1.165, 1.54) is 26.5 Å². The van der Waals surface area contributed by atoms with E-state index in [-0.39, 0.29) is 12.0 Å². The van der Waals surface area contributed by atoms with Crippen LogP contribution >= 0.6 is 0 Å². The van der Waals surface area contributed by atoms with Gasteiger partial charge in [-0.15, -0.1) is 0 Å². The van der Waals surface area contributed by atoms with Gasteiger partial charge >= 0.3 is 5.97 Å². The van der Waals surface area contributed by atoms with Gasteiger partial charge in [0.2, 0.25) is 0 Å². The number of carbonyl (C=O) groups excluding carboxylic acids is 1. The van der Waals surface area contributed by atoms with E-state index in [0.29, 0.717) is 0 Å². The van der Waals surface area contributed by atoms with Gasteiger partial charge < -0.3 is 9.64 Å². The summed E-state index contributed by atoms with van der Waals surface area (Å²) in [5.41, 5.74) is 0.